The standard InChI is InChI=1S/C12H13F6N5O3/c1-10(2,3)23(6(25)12(16,17)18)8-20-7(21-9(22-8)26-4)19-5(24)11(13,14)15/h1-4H3,(H,19,20,21,22,24). The molecule has 0 aromatic carbocycles. The van der Waals surface area contributed by atoms with E-state index in [1.165, 1.54) is 26.1 Å². The molecule has 0 spiro atoms. The molecule has 1 heterocycles. The summed E-state index contributed by atoms with van der Waals surface area (Å²) < 4.78 is 80.1. The molecule has 0 saturated carbocycles. The molecule has 0 bridgehead atoms. The van der Waals surface area contributed by atoms with E-state index in [4.69, 9.17) is 0 Å². The highest BCUT2D eigenvalue weighted by Gasteiger charge is 2.48. The number of alkyl halides is 6. The van der Waals surface area contributed by atoms with Crippen LogP contribution in [0, 0.1) is 0 Å². The number of hydrogen-bond donors (Lipinski definition) is 1. The van der Waals surface area contributed by atoms with Crippen molar-refractivity contribution in [2.24, 2.45) is 0 Å². The molecule has 1 aromatic rings. The molecular weight excluding hydrogens is 376 g/mol. The molecule has 0 saturated heterocycles. The second kappa shape index (κ2) is 6.92. The average Bonchev–Trinajstić information content (AvgIpc) is 2.43. The Balaban J connectivity index is 3.46. The third-order valence-electron chi connectivity index (χ3n) is 2.58. The summed E-state index contributed by atoms with van der Waals surface area (Å²) in [5.41, 5.74) is -1.52. The van der Waals surface area contributed by atoms with Crippen LogP contribution in [0.15, 0.2) is 0 Å². The number of carbonyl (C=O) groups excluding carboxylic acids is 2. The van der Waals surface area contributed by atoms with E-state index < -0.39 is 47.6 Å². The highest BCUT2D eigenvalue weighted by molar-refractivity contribution is 5.97. The highest BCUT2D eigenvalue weighted by Crippen LogP contribution is 2.29. The molecule has 0 atom stereocenters. The van der Waals surface area contributed by atoms with Gasteiger partial charge in [-0.05, 0) is 20.8 Å². The molecule has 0 unspecified atom stereocenters. The smallest absolute Gasteiger partial charge is 0.467 e. The summed E-state index contributed by atoms with van der Waals surface area (Å²) in [4.78, 5) is 32.8. The molecule has 8 nitrogen and oxygen atoms in total. The molecule has 2 amide bonds. The summed E-state index contributed by atoms with van der Waals surface area (Å²) in [6, 6.07) is -0.711. The van der Waals surface area contributed by atoms with Gasteiger partial charge in [0.2, 0.25) is 11.9 Å². The maximum Gasteiger partial charge on any atom is 0.471 e. The van der Waals surface area contributed by atoms with Crippen molar-refractivity contribution in [2.75, 3.05) is 17.3 Å². The lowest BCUT2D eigenvalue weighted by molar-refractivity contribution is -0.171. The second-order valence-corrected chi connectivity index (χ2v) is 5.71. The summed E-state index contributed by atoms with van der Waals surface area (Å²) in [5.74, 6) is -6.84. The van der Waals surface area contributed by atoms with Crippen molar-refractivity contribution in [2.45, 2.75) is 38.7 Å². The summed E-state index contributed by atoms with van der Waals surface area (Å²) in [6.07, 6.45) is -10.6. The van der Waals surface area contributed by atoms with Crippen LogP contribution in [-0.4, -0.2) is 51.8 Å². The summed E-state index contributed by atoms with van der Waals surface area (Å²) >= 11 is 0. The van der Waals surface area contributed by atoms with Gasteiger partial charge in [-0.1, -0.05) is 0 Å². The van der Waals surface area contributed by atoms with Gasteiger partial charge in [-0.3, -0.25) is 19.8 Å². The van der Waals surface area contributed by atoms with Gasteiger partial charge in [-0.25, -0.2) is 0 Å². The summed E-state index contributed by atoms with van der Waals surface area (Å²) in [7, 11) is 0.974. The molecule has 1 N–H and O–H groups in total. The normalized spacial score (nSPS) is 12.5. The fraction of sp³-hybridized carbons (Fsp3) is 0.583. The van der Waals surface area contributed by atoms with E-state index in [1.54, 1.807) is 0 Å². The number of halogens is 6. The predicted molar refractivity (Wildman–Crippen MR) is 74.4 cm³/mol. The number of carbonyl (C=O) groups is 2. The van der Waals surface area contributed by atoms with E-state index in [0.717, 1.165) is 7.11 Å². The monoisotopic (exact) mass is 389 g/mol. The second-order valence-electron chi connectivity index (χ2n) is 5.71. The molecule has 1 aromatic heterocycles. The summed E-state index contributed by atoms with van der Waals surface area (Å²) in [6.45, 7) is 3.63. The van der Waals surface area contributed by atoms with Crippen molar-refractivity contribution in [3.8, 4) is 6.01 Å². The van der Waals surface area contributed by atoms with Crippen LogP contribution in [0.25, 0.3) is 0 Å². The fourth-order valence-electron chi connectivity index (χ4n) is 1.59. The number of aromatic nitrogens is 3. The lowest BCUT2D eigenvalue weighted by Crippen LogP contribution is -2.52. The first-order valence-electron chi connectivity index (χ1n) is 6.67. The number of methoxy groups -OCH3 is 1. The molecule has 0 aliphatic carbocycles. The zero-order valence-corrected chi connectivity index (χ0v) is 13.8. The average molecular weight is 389 g/mol. The van der Waals surface area contributed by atoms with Crippen LogP contribution in [0.1, 0.15) is 20.8 Å². The Bertz CT molecular complexity index is 698. The van der Waals surface area contributed by atoms with Gasteiger partial charge in [0.05, 0.1) is 7.11 Å². The molecule has 0 radical (unpaired) electrons. The number of hydrogen-bond acceptors (Lipinski definition) is 6. The van der Waals surface area contributed by atoms with Gasteiger partial charge in [-0.15, -0.1) is 0 Å². The number of amides is 2. The van der Waals surface area contributed by atoms with Crippen LogP contribution in [-0.2, 0) is 9.59 Å². The maximum atomic E-state index is 12.9. The van der Waals surface area contributed by atoms with Gasteiger partial charge in [-0.2, -0.15) is 41.3 Å². The van der Waals surface area contributed by atoms with Crippen molar-refractivity contribution in [3.05, 3.63) is 0 Å². The van der Waals surface area contributed by atoms with Crippen LogP contribution in [0.4, 0.5) is 38.2 Å². The quantitative estimate of drug-likeness (QED) is 0.795. The molecule has 14 heteroatoms. The first-order chi connectivity index (χ1) is 11.6. The van der Waals surface area contributed by atoms with Crippen LogP contribution < -0.4 is 15.0 Å². The lowest BCUT2D eigenvalue weighted by atomic mass is 10.1. The van der Waals surface area contributed by atoms with E-state index in [0.29, 0.717) is 0 Å². The van der Waals surface area contributed by atoms with E-state index >= 15 is 0 Å². The van der Waals surface area contributed by atoms with Crippen LogP contribution in [0.3, 0.4) is 0 Å². The van der Waals surface area contributed by atoms with Crippen LogP contribution in [0.5, 0.6) is 6.01 Å². The Morgan fingerprint density at radius 3 is 1.88 bits per heavy atom. The maximum absolute atomic E-state index is 12.9. The Morgan fingerprint density at radius 1 is 0.962 bits per heavy atom. The summed E-state index contributed by atoms with van der Waals surface area (Å²) in [5, 5.41) is 1.26. The number of nitrogens with zero attached hydrogens (tertiary/aromatic N) is 4. The van der Waals surface area contributed by atoms with Crippen molar-refractivity contribution in [3.63, 3.8) is 0 Å². The Kier molecular flexibility index (Phi) is 5.68. The van der Waals surface area contributed by atoms with Gasteiger partial charge < -0.3 is 4.74 Å². The van der Waals surface area contributed by atoms with Crippen molar-refractivity contribution in [1.29, 1.82) is 0 Å². The van der Waals surface area contributed by atoms with E-state index in [-0.39, 0.29) is 4.90 Å². The fourth-order valence-corrected chi connectivity index (χ4v) is 1.59. The van der Waals surface area contributed by atoms with Crippen LogP contribution >= 0.6 is 0 Å². The van der Waals surface area contributed by atoms with Gasteiger partial charge >= 0.3 is 30.2 Å². The predicted octanol–water partition coefficient (Wildman–Crippen LogP) is 2.07. The number of ether oxygens (including phenoxy) is 1. The van der Waals surface area contributed by atoms with E-state index in [9.17, 15) is 35.9 Å². The number of anilines is 2. The SMILES string of the molecule is COc1nc(NC(=O)C(F)(F)F)nc(N(C(=O)C(F)(F)F)C(C)(C)C)n1. The topological polar surface area (TPSA) is 97.3 Å². The molecular formula is C12H13F6N5O3. The zero-order chi connectivity index (χ0) is 20.5. The first kappa shape index (κ1) is 21.4. The molecule has 0 aliphatic rings. The molecule has 26 heavy (non-hydrogen) atoms. The number of nitrogens with one attached hydrogen (secondary N) is 1. The third kappa shape index (κ3) is 5.16. The minimum Gasteiger partial charge on any atom is -0.467 e. The van der Waals surface area contributed by atoms with E-state index in [1.807, 2.05) is 0 Å². The highest BCUT2D eigenvalue weighted by atomic mass is 19.4. The number of rotatable bonds is 3. The van der Waals surface area contributed by atoms with Gasteiger partial charge in [0, 0.05) is 5.54 Å². The van der Waals surface area contributed by atoms with Crippen molar-refractivity contribution < 1.29 is 40.7 Å². The van der Waals surface area contributed by atoms with Gasteiger partial charge in [0.1, 0.15) is 0 Å². The van der Waals surface area contributed by atoms with Crippen LogP contribution in [0.2, 0.25) is 0 Å². The Hall–Kier alpha value is -2.67. The van der Waals surface area contributed by atoms with Gasteiger partial charge in [0.25, 0.3) is 0 Å². The van der Waals surface area contributed by atoms with E-state index in [2.05, 4.69) is 19.7 Å². The molecule has 0 aliphatic heterocycles. The largest absolute Gasteiger partial charge is 0.471 e. The molecule has 0 fully saturated rings. The molecule has 146 valence electrons. The Labute approximate surface area is 142 Å². The van der Waals surface area contributed by atoms with Gasteiger partial charge in [0.15, 0.2) is 0 Å². The zero-order valence-electron chi connectivity index (χ0n) is 13.8. The van der Waals surface area contributed by atoms with Crippen molar-refractivity contribution in [1.82, 2.24) is 15.0 Å². The van der Waals surface area contributed by atoms with Crippen molar-refractivity contribution >= 4 is 23.7 Å². The minimum atomic E-state index is -5.32. The lowest BCUT2D eigenvalue weighted by Gasteiger charge is -2.34. The molecule has 1 rings (SSSR count). The first-order valence-corrected chi connectivity index (χ1v) is 6.67. The third-order valence-corrected chi connectivity index (χ3v) is 2.58. The Morgan fingerprint density at radius 2 is 1.50 bits per heavy atom. The minimum absolute atomic E-state index is 0.0977.